The Morgan fingerprint density at radius 3 is 2.61 bits per heavy atom. The lowest BCUT2D eigenvalue weighted by Crippen LogP contribution is -2.30. The van der Waals surface area contributed by atoms with Crippen molar-refractivity contribution in [2.75, 3.05) is 23.3 Å². The summed E-state index contributed by atoms with van der Waals surface area (Å²) >= 11 is 12.0. The molecule has 5 nitrogen and oxygen atoms in total. The molecule has 31 heavy (non-hydrogen) atoms. The fraction of sp³-hybridized carbons (Fsp3) is 0.333. The molecule has 0 radical (unpaired) electrons. The first-order chi connectivity index (χ1) is 14.9. The maximum Gasteiger partial charge on any atom is 0.265 e. The SMILES string of the molecule is Cc1cc(N2CCCCC2)nc2ccc(NC(=O)C(C)Oc3ccc(Cl)cc3Cl)cc12. The second-order valence-corrected chi connectivity index (χ2v) is 8.74. The van der Waals surface area contributed by atoms with Crippen LogP contribution in [0.25, 0.3) is 10.9 Å². The number of halogens is 2. The average Bonchev–Trinajstić information content (AvgIpc) is 2.76. The van der Waals surface area contributed by atoms with Crippen molar-refractivity contribution < 1.29 is 9.53 Å². The van der Waals surface area contributed by atoms with E-state index in [4.69, 9.17) is 32.9 Å². The van der Waals surface area contributed by atoms with Crippen LogP contribution in [0.3, 0.4) is 0 Å². The highest BCUT2D eigenvalue weighted by molar-refractivity contribution is 6.35. The summed E-state index contributed by atoms with van der Waals surface area (Å²) in [4.78, 5) is 19.9. The molecule has 1 unspecified atom stereocenters. The molecule has 1 amide bonds. The van der Waals surface area contributed by atoms with Gasteiger partial charge in [-0.3, -0.25) is 4.79 Å². The van der Waals surface area contributed by atoms with E-state index in [9.17, 15) is 4.79 Å². The van der Waals surface area contributed by atoms with Gasteiger partial charge < -0.3 is 15.0 Å². The van der Waals surface area contributed by atoms with Gasteiger partial charge in [0.2, 0.25) is 0 Å². The van der Waals surface area contributed by atoms with E-state index in [1.807, 2.05) is 18.2 Å². The predicted molar refractivity (Wildman–Crippen MR) is 128 cm³/mol. The lowest BCUT2D eigenvalue weighted by molar-refractivity contribution is -0.122. The van der Waals surface area contributed by atoms with Crippen molar-refractivity contribution in [3.05, 3.63) is 58.1 Å². The molecule has 0 bridgehead atoms. The first-order valence-corrected chi connectivity index (χ1v) is 11.3. The molecule has 1 aliphatic rings. The van der Waals surface area contributed by atoms with Crippen LogP contribution in [-0.2, 0) is 4.79 Å². The first kappa shape index (κ1) is 21.7. The summed E-state index contributed by atoms with van der Waals surface area (Å²) in [6.07, 6.45) is 2.99. The third-order valence-electron chi connectivity index (χ3n) is 5.52. The van der Waals surface area contributed by atoms with Crippen molar-refractivity contribution in [1.82, 2.24) is 4.98 Å². The number of aryl methyl sites for hydroxylation is 1. The Hall–Kier alpha value is -2.50. The number of aromatic nitrogens is 1. The topological polar surface area (TPSA) is 54.5 Å². The van der Waals surface area contributed by atoms with Gasteiger partial charge in [0.25, 0.3) is 5.91 Å². The summed E-state index contributed by atoms with van der Waals surface area (Å²) in [5.74, 6) is 1.18. The van der Waals surface area contributed by atoms with Crippen LogP contribution in [0.15, 0.2) is 42.5 Å². The number of anilines is 2. The minimum Gasteiger partial charge on any atom is -0.479 e. The van der Waals surface area contributed by atoms with Crippen molar-refractivity contribution in [2.45, 2.75) is 39.2 Å². The minimum absolute atomic E-state index is 0.263. The third-order valence-corrected chi connectivity index (χ3v) is 6.05. The van der Waals surface area contributed by atoms with Crippen LogP contribution < -0.4 is 15.0 Å². The van der Waals surface area contributed by atoms with E-state index in [0.717, 1.165) is 35.4 Å². The summed E-state index contributed by atoms with van der Waals surface area (Å²) in [5.41, 5.74) is 2.76. The smallest absolute Gasteiger partial charge is 0.265 e. The molecule has 3 aromatic rings. The number of nitrogens with one attached hydrogen (secondary N) is 1. The van der Waals surface area contributed by atoms with Crippen LogP contribution in [0.2, 0.25) is 10.0 Å². The molecule has 1 atom stereocenters. The van der Waals surface area contributed by atoms with Gasteiger partial charge >= 0.3 is 0 Å². The van der Waals surface area contributed by atoms with Crippen LogP contribution in [0.1, 0.15) is 31.7 Å². The average molecular weight is 458 g/mol. The fourth-order valence-corrected chi connectivity index (χ4v) is 4.25. The number of rotatable bonds is 5. The van der Waals surface area contributed by atoms with E-state index in [1.54, 1.807) is 25.1 Å². The van der Waals surface area contributed by atoms with E-state index in [2.05, 4.69) is 23.2 Å². The van der Waals surface area contributed by atoms with Gasteiger partial charge in [-0.05, 0) is 81.1 Å². The van der Waals surface area contributed by atoms with Crippen LogP contribution in [0.5, 0.6) is 5.75 Å². The van der Waals surface area contributed by atoms with Gasteiger partial charge in [0.1, 0.15) is 11.6 Å². The number of piperidine rings is 1. The number of hydrogen-bond acceptors (Lipinski definition) is 4. The molecule has 7 heteroatoms. The summed E-state index contributed by atoms with van der Waals surface area (Å²) in [5, 5.41) is 4.82. The minimum atomic E-state index is -0.727. The highest BCUT2D eigenvalue weighted by Crippen LogP contribution is 2.29. The van der Waals surface area contributed by atoms with E-state index >= 15 is 0 Å². The maximum atomic E-state index is 12.6. The standard InChI is InChI=1S/C24H25Cl2N3O2/c1-15-12-23(29-10-4-3-5-11-29)28-21-8-7-18(14-19(15)21)27-24(30)16(2)31-22-9-6-17(25)13-20(22)26/h6-9,12-14,16H,3-5,10-11H2,1-2H3,(H,27,30). The van der Waals surface area contributed by atoms with Crippen molar-refractivity contribution in [1.29, 1.82) is 0 Å². The summed E-state index contributed by atoms with van der Waals surface area (Å²) in [7, 11) is 0. The lowest BCUT2D eigenvalue weighted by atomic mass is 10.1. The van der Waals surface area contributed by atoms with Gasteiger partial charge in [-0.2, -0.15) is 0 Å². The number of carbonyl (C=O) groups excluding carboxylic acids is 1. The van der Waals surface area contributed by atoms with Gasteiger partial charge in [-0.25, -0.2) is 4.98 Å². The zero-order chi connectivity index (χ0) is 22.0. The Morgan fingerprint density at radius 2 is 1.87 bits per heavy atom. The van der Waals surface area contributed by atoms with Gasteiger partial charge in [-0.1, -0.05) is 23.2 Å². The van der Waals surface area contributed by atoms with E-state index in [0.29, 0.717) is 21.5 Å². The van der Waals surface area contributed by atoms with Gasteiger partial charge in [0.05, 0.1) is 10.5 Å². The molecule has 1 aliphatic heterocycles. The highest BCUT2D eigenvalue weighted by Gasteiger charge is 2.18. The number of amides is 1. The van der Waals surface area contributed by atoms with Crippen molar-refractivity contribution in [2.24, 2.45) is 0 Å². The quantitative estimate of drug-likeness (QED) is 0.491. The van der Waals surface area contributed by atoms with Gasteiger partial charge in [0.15, 0.2) is 6.10 Å². The lowest BCUT2D eigenvalue weighted by Gasteiger charge is -2.28. The molecule has 1 fully saturated rings. The molecule has 2 heterocycles. The molecule has 1 saturated heterocycles. The van der Waals surface area contributed by atoms with E-state index in [-0.39, 0.29) is 5.91 Å². The first-order valence-electron chi connectivity index (χ1n) is 10.5. The van der Waals surface area contributed by atoms with Gasteiger partial charge in [-0.15, -0.1) is 0 Å². The number of carbonyl (C=O) groups is 1. The second kappa shape index (κ2) is 9.33. The Bertz CT molecular complexity index is 1110. The molecule has 2 aromatic carbocycles. The number of nitrogens with zero attached hydrogens (tertiary/aromatic N) is 2. The number of fused-ring (bicyclic) bond motifs is 1. The summed E-state index contributed by atoms with van der Waals surface area (Å²) < 4.78 is 5.71. The van der Waals surface area contributed by atoms with Crippen LogP contribution in [0.4, 0.5) is 11.5 Å². The van der Waals surface area contributed by atoms with Crippen molar-refractivity contribution in [3.63, 3.8) is 0 Å². The Labute approximate surface area is 192 Å². The zero-order valence-electron chi connectivity index (χ0n) is 17.6. The molecule has 162 valence electrons. The number of benzene rings is 2. The Balaban J connectivity index is 1.48. The number of pyridine rings is 1. The summed E-state index contributed by atoms with van der Waals surface area (Å²) in [6.45, 7) is 5.87. The molecular weight excluding hydrogens is 433 g/mol. The molecule has 0 spiro atoms. The predicted octanol–water partition coefficient (Wildman–Crippen LogP) is 6.25. The largest absolute Gasteiger partial charge is 0.479 e. The van der Waals surface area contributed by atoms with Crippen molar-refractivity contribution >= 4 is 51.5 Å². The Kier molecular flexibility index (Phi) is 6.54. The normalized spacial score (nSPS) is 15.0. The molecule has 4 rings (SSSR count). The van der Waals surface area contributed by atoms with Crippen LogP contribution in [-0.4, -0.2) is 30.1 Å². The molecule has 1 N–H and O–H groups in total. The van der Waals surface area contributed by atoms with E-state index < -0.39 is 6.10 Å². The second-order valence-electron chi connectivity index (χ2n) is 7.90. The third kappa shape index (κ3) is 5.05. The monoisotopic (exact) mass is 457 g/mol. The fourth-order valence-electron chi connectivity index (χ4n) is 3.80. The molecule has 0 saturated carbocycles. The molecule has 0 aliphatic carbocycles. The highest BCUT2D eigenvalue weighted by atomic mass is 35.5. The molecular formula is C24H25Cl2N3O2. The van der Waals surface area contributed by atoms with Crippen molar-refractivity contribution in [3.8, 4) is 5.75 Å². The Morgan fingerprint density at radius 1 is 1.10 bits per heavy atom. The zero-order valence-corrected chi connectivity index (χ0v) is 19.1. The maximum absolute atomic E-state index is 12.6. The number of ether oxygens (including phenoxy) is 1. The van der Waals surface area contributed by atoms with E-state index in [1.165, 1.54) is 19.3 Å². The van der Waals surface area contributed by atoms with Crippen LogP contribution in [0, 0.1) is 6.92 Å². The summed E-state index contributed by atoms with van der Waals surface area (Å²) in [6, 6.07) is 12.8. The van der Waals surface area contributed by atoms with Crippen LogP contribution >= 0.6 is 23.2 Å². The number of hydrogen-bond donors (Lipinski definition) is 1. The van der Waals surface area contributed by atoms with Gasteiger partial charge in [0, 0.05) is 29.2 Å². The molecule has 1 aromatic heterocycles.